The Hall–Kier alpha value is -1.53. The largest absolute Gasteiger partial charge is 0.493 e. The molecule has 2 aromatic rings. The van der Waals surface area contributed by atoms with E-state index in [0.717, 1.165) is 10.0 Å². The van der Waals surface area contributed by atoms with Crippen molar-refractivity contribution in [3.63, 3.8) is 0 Å². The van der Waals surface area contributed by atoms with Gasteiger partial charge < -0.3 is 8.92 Å². The van der Waals surface area contributed by atoms with E-state index in [0.29, 0.717) is 5.75 Å². The van der Waals surface area contributed by atoms with Gasteiger partial charge in [0.2, 0.25) is 0 Å². The van der Waals surface area contributed by atoms with Gasteiger partial charge in [-0.25, -0.2) is 0 Å². The van der Waals surface area contributed by atoms with Crippen LogP contribution in [0.15, 0.2) is 51.8 Å². The number of methoxy groups -OCH3 is 1. The van der Waals surface area contributed by atoms with Crippen LogP contribution in [0.5, 0.6) is 11.5 Å². The van der Waals surface area contributed by atoms with Gasteiger partial charge in [-0.05, 0) is 48.9 Å². The van der Waals surface area contributed by atoms with Gasteiger partial charge in [0.15, 0.2) is 11.5 Å². The predicted molar refractivity (Wildman–Crippen MR) is 79.7 cm³/mol. The van der Waals surface area contributed by atoms with E-state index in [2.05, 4.69) is 15.9 Å². The lowest BCUT2D eigenvalue weighted by Crippen LogP contribution is -2.10. The summed E-state index contributed by atoms with van der Waals surface area (Å²) in [6.45, 7) is 1.88. The molecule has 0 unspecified atom stereocenters. The van der Waals surface area contributed by atoms with E-state index < -0.39 is 10.1 Å². The van der Waals surface area contributed by atoms with Crippen molar-refractivity contribution in [2.45, 2.75) is 11.8 Å². The summed E-state index contributed by atoms with van der Waals surface area (Å²) in [6.07, 6.45) is 0. The van der Waals surface area contributed by atoms with Crippen LogP contribution in [0.3, 0.4) is 0 Å². The van der Waals surface area contributed by atoms with Gasteiger partial charge in [0.05, 0.1) is 7.11 Å². The highest BCUT2D eigenvalue weighted by molar-refractivity contribution is 9.10. The van der Waals surface area contributed by atoms with Crippen molar-refractivity contribution in [3.05, 3.63) is 52.5 Å². The van der Waals surface area contributed by atoms with Crippen LogP contribution in [0.25, 0.3) is 0 Å². The molecular formula is C14H13BrO4S. The molecule has 0 heterocycles. The van der Waals surface area contributed by atoms with Crippen LogP contribution in [0.2, 0.25) is 0 Å². The average Bonchev–Trinajstić information content (AvgIpc) is 2.41. The zero-order valence-corrected chi connectivity index (χ0v) is 13.4. The van der Waals surface area contributed by atoms with Gasteiger partial charge in [-0.15, -0.1) is 0 Å². The predicted octanol–water partition coefficient (Wildman–Crippen LogP) is 3.53. The third kappa shape index (κ3) is 3.32. The molecule has 0 aromatic heterocycles. The highest BCUT2D eigenvalue weighted by Crippen LogP contribution is 2.30. The van der Waals surface area contributed by atoms with E-state index in [-0.39, 0.29) is 10.6 Å². The van der Waals surface area contributed by atoms with Gasteiger partial charge in [0.25, 0.3) is 0 Å². The maximum atomic E-state index is 12.2. The summed E-state index contributed by atoms with van der Waals surface area (Å²) in [5.41, 5.74) is 0.954. The Bertz CT molecular complexity index is 708. The summed E-state index contributed by atoms with van der Waals surface area (Å²) in [4.78, 5) is 0.0864. The van der Waals surface area contributed by atoms with Crippen LogP contribution in [-0.4, -0.2) is 15.5 Å². The van der Waals surface area contributed by atoms with Crippen molar-refractivity contribution < 1.29 is 17.3 Å². The average molecular weight is 357 g/mol. The molecule has 20 heavy (non-hydrogen) atoms. The van der Waals surface area contributed by atoms with Crippen molar-refractivity contribution in [3.8, 4) is 11.5 Å². The fourth-order valence-electron chi connectivity index (χ4n) is 1.61. The van der Waals surface area contributed by atoms with Crippen molar-refractivity contribution >= 4 is 26.0 Å². The Labute approximate surface area is 126 Å². The van der Waals surface area contributed by atoms with Crippen LogP contribution >= 0.6 is 15.9 Å². The van der Waals surface area contributed by atoms with Crippen LogP contribution in [0.4, 0.5) is 0 Å². The maximum Gasteiger partial charge on any atom is 0.339 e. The fraction of sp³-hybridized carbons (Fsp3) is 0.143. The molecule has 0 bridgehead atoms. The topological polar surface area (TPSA) is 52.6 Å². The van der Waals surface area contributed by atoms with Crippen LogP contribution in [-0.2, 0) is 10.1 Å². The monoisotopic (exact) mass is 356 g/mol. The summed E-state index contributed by atoms with van der Waals surface area (Å²) >= 11 is 3.25. The molecule has 0 N–H and O–H groups in total. The molecule has 2 aromatic carbocycles. The smallest absolute Gasteiger partial charge is 0.339 e. The van der Waals surface area contributed by atoms with Gasteiger partial charge in [0, 0.05) is 4.47 Å². The Morgan fingerprint density at radius 3 is 2.25 bits per heavy atom. The van der Waals surface area contributed by atoms with Crippen LogP contribution in [0.1, 0.15) is 5.56 Å². The van der Waals surface area contributed by atoms with Gasteiger partial charge >= 0.3 is 10.1 Å². The van der Waals surface area contributed by atoms with Gasteiger partial charge in [-0.1, -0.05) is 22.0 Å². The van der Waals surface area contributed by atoms with E-state index in [1.807, 2.05) is 6.92 Å². The standard InChI is InChI=1S/C14H13BrO4S/c1-10-3-8-13(14(9-10)18-2)19-20(16,17)12-6-4-11(15)5-7-12/h3-9H,1-2H3. The van der Waals surface area contributed by atoms with Crippen LogP contribution < -0.4 is 8.92 Å². The number of benzene rings is 2. The van der Waals surface area contributed by atoms with Gasteiger partial charge in [-0.2, -0.15) is 8.42 Å². The number of aryl methyl sites for hydroxylation is 1. The first kappa shape index (κ1) is 14.9. The number of ether oxygens (including phenoxy) is 1. The lowest BCUT2D eigenvalue weighted by atomic mass is 10.2. The fourth-order valence-corrected chi connectivity index (χ4v) is 2.82. The van der Waals surface area contributed by atoms with Gasteiger partial charge in [0.1, 0.15) is 4.90 Å². The summed E-state index contributed by atoms with van der Waals surface area (Å²) < 4.78 is 35.4. The molecule has 106 valence electrons. The minimum atomic E-state index is -3.88. The molecule has 0 aliphatic rings. The first-order chi connectivity index (χ1) is 9.42. The Kier molecular flexibility index (Phi) is 4.35. The molecule has 4 nitrogen and oxygen atoms in total. The van der Waals surface area contributed by atoms with Crippen molar-refractivity contribution in [1.29, 1.82) is 0 Å². The lowest BCUT2D eigenvalue weighted by Gasteiger charge is -2.11. The quantitative estimate of drug-likeness (QED) is 0.786. The summed E-state index contributed by atoms with van der Waals surface area (Å²) in [5, 5.41) is 0. The summed E-state index contributed by atoms with van der Waals surface area (Å²) in [5.74, 6) is 0.548. The zero-order valence-electron chi connectivity index (χ0n) is 11.0. The van der Waals surface area contributed by atoms with Crippen molar-refractivity contribution in [2.75, 3.05) is 7.11 Å². The van der Waals surface area contributed by atoms with Crippen molar-refractivity contribution in [1.82, 2.24) is 0 Å². The SMILES string of the molecule is COc1cc(C)ccc1OS(=O)(=O)c1ccc(Br)cc1. The second-order valence-electron chi connectivity index (χ2n) is 4.15. The van der Waals surface area contributed by atoms with E-state index in [1.54, 1.807) is 30.3 Å². The maximum absolute atomic E-state index is 12.2. The number of hydrogen-bond donors (Lipinski definition) is 0. The molecule has 0 amide bonds. The number of halogens is 1. The molecule has 0 fully saturated rings. The normalized spacial score (nSPS) is 11.2. The highest BCUT2D eigenvalue weighted by Gasteiger charge is 2.18. The lowest BCUT2D eigenvalue weighted by molar-refractivity contribution is 0.390. The Morgan fingerprint density at radius 2 is 1.65 bits per heavy atom. The third-order valence-electron chi connectivity index (χ3n) is 2.62. The third-order valence-corrected chi connectivity index (χ3v) is 4.40. The summed E-state index contributed by atoms with van der Waals surface area (Å²) in [7, 11) is -2.41. The first-order valence-corrected chi connectivity index (χ1v) is 7.97. The van der Waals surface area contributed by atoms with Gasteiger partial charge in [-0.3, -0.25) is 0 Å². The molecule has 0 saturated heterocycles. The molecular weight excluding hydrogens is 344 g/mol. The molecule has 0 saturated carbocycles. The van der Waals surface area contributed by atoms with E-state index >= 15 is 0 Å². The molecule has 0 spiro atoms. The molecule has 0 aliphatic heterocycles. The Balaban J connectivity index is 2.35. The molecule has 0 aliphatic carbocycles. The summed E-state index contributed by atoms with van der Waals surface area (Å²) in [6, 6.07) is 11.3. The molecule has 0 atom stereocenters. The van der Waals surface area contributed by atoms with E-state index in [4.69, 9.17) is 8.92 Å². The number of hydrogen-bond acceptors (Lipinski definition) is 4. The second-order valence-corrected chi connectivity index (χ2v) is 6.61. The van der Waals surface area contributed by atoms with E-state index in [1.165, 1.54) is 19.2 Å². The minimum Gasteiger partial charge on any atom is -0.493 e. The second kappa shape index (κ2) is 5.85. The molecule has 0 radical (unpaired) electrons. The molecule has 2 rings (SSSR count). The first-order valence-electron chi connectivity index (χ1n) is 5.77. The van der Waals surface area contributed by atoms with Crippen LogP contribution in [0, 0.1) is 6.92 Å². The molecule has 6 heteroatoms. The number of rotatable bonds is 4. The zero-order chi connectivity index (χ0) is 14.8. The Morgan fingerprint density at radius 1 is 1.00 bits per heavy atom. The highest BCUT2D eigenvalue weighted by atomic mass is 79.9. The van der Waals surface area contributed by atoms with E-state index in [9.17, 15) is 8.42 Å². The van der Waals surface area contributed by atoms with Crippen molar-refractivity contribution in [2.24, 2.45) is 0 Å². The minimum absolute atomic E-state index is 0.0864.